The number of nitrogens with zero attached hydrogens (tertiary/aromatic N) is 1. The van der Waals surface area contributed by atoms with E-state index in [1.807, 2.05) is 19.0 Å². The average Bonchev–Trinajstić information content (AvgIpc) is 2.10. The van der Waals surface area contributed by atoms with E-state index in [1.165, 1.54) is 7.05 Å². The highest BCUT2D eigenvalue weighted by molar-refractivity contribution is 6.34. The molecule has 0 atom stereocenters. The first-order valence-corrected chi connectivity index (χ1v) is 4.22. The maximum atomic E-state index is 10.9. The lowest BCUT2D eigenvalue weighted by Gasteiger charge is -2.09. The smallest absolute Gasteiger partial charge is 0.309 e. The van der Waals surface area contributed by atoms with Gasteiger partial charge in [-0.1, -0.05) is 0 Å². The molecule has 0 spiro atoms. The topological polar surface area (TPSA) is 61.4 Å². The summed E-state index contributed by atoms with van der Waals surface area (Å²) < 4.78 is 0. The van der Waals surface area contributed by atoms with Crippen LogP contribution in [0.2, 0.25) is 0 Å². The number of amides is 2. The molecule has 0 radical (unpaired) electrons. The second kappa shape index (κ2) is 6.42. The number of carbonyl (C=O) groups is 2. The minimum absolute atomic E-state index is 0.532. The molecular weight excluding hydrogens is 170 g/mol. The standard InChI is InChI=1S/C8H17N3O2/c1-9-7(12)8(13)10-5-4-6-11(2)3/h4-6H2,1-3H3,(H,9,12)(H,10,13). The Labute approximate surface area is 78.5 Å². The summed E-state index contributed by atoms with van der Waals surface area (Å²) in [5, 5.41) is 4.76. The van der Waals surface area contributed by atoms with Crippen LogP contribution in [-0.4, -0.2) is 50.9 Å². The number of carbonyl (C=O) groups excluding carboxylic acids is 2. The van der Waals surface area contributed by atoms with Gasteiger partial charge in [-0.05, 0) is 27.1 Å². The molecule has 0 aromatic carbocycles. The van der Waals surface area contributed by atoms with Gasteiger partial charge in [0.25, 0.3) is 0 Å². The van der Waals surface area contributed by atoms with Crippen LogP contribution in [-0.2, 0) is 9.59 Å². The number of likely N-dealkylation sites (N-methyl/N-ethyl adjacent to an activating group) is 1. The highest BCUT2D eigenvalue weighted by atomic mass is 16.2. The molecule has 5 nitrogen and oxygen atoms in total. The average molecular weight is 187 g/mol. The van der Waals surface area contributed by atoms with Crippen molar-refractivity contribution >= 4 is 11.8 Å². The third-order valence-electron chi connectivity index (χ3n) is 1.50. The number of rotatable bonds is 4. The monoisotopic (exact) mass is 187 g/mol. The van der Waals surface area contributed by atoms with Crippen LogP contribution in [0.4, 0.5) is 0 Å². The van der Waals surface area contributed by atoms with E-state index in [0.717, 1.165) is 13.0 Å². The van der Waals surface area contributed by atoms with E-state index < -0.39 is 11.8 Å². The van der Waals surface area contributed by atoms with Crippen molar-refractivity contribution in [1.29, 1.82) is 0 Å². The van der Waals surface area contributed by atoms with Gasteiger partial charge < -0.3 is 15.5 Å². The molecule has 0 aromatic heterocycles. The van der Waals surface area contributed by atoms with Crippen LogP contribution in [0.25, 0.3) is 0 Å². The maximum absolute atomic E-state index is 10.9. The van der Waals surface area contributed by atoms with Crippen molar-refractivity contribution in [2.45, 2.75) is 6.42 Å². The van der Waals surface area contributed by atoms with E-state index in [4.69, 9.17) is 0 Å². The predicted molar refractivity (Wildman–Crippen MR) is 50.2 cm³/mol. The SMILES string of the molecule is CNC(=O)C(=O)NCCCN(C)C. The van der Waals surface area contributed by atoms with E-state index >= 15 is 0 Å². The van der Waals surface area contributed by atoms with E-state index in [1.54, 1.807) is 0 Å². The Morgan fingerprint density at radius 3 is 2.31 bits per heavy atom. The molecule has 0 rings (SSSR count). The third kappa shape index (κ3) is 6.10. The van der Waals surface area contributed by atoms with Crippen molar-refractivity contribution in [2.24, 2.45) is 0 Å². The number of hydrogen-bond acceptors (Lipinski definition) is 3. The lowest BCUT2D eigenvalue weighted by Crippen LogP contribution is -2.39. The van der Waals surface area contributed by atoms with Crippen LogP contribution in [0.3, 0.4) is 0 Å². The molecule has 13 heavy (non-hydrogen) atoms. The summed E-state index contributed by atoms with van der Waals surface area (Å²) in [4.78, 5) is 23.6. The van der Waals surface area contributed by atoms with Gasteiger partial charge in [-0.15, -0.1) is 0 Å². The largest absolute Gasteiger partial charge is 0.351 e. The Balaban J connectivity index is 3.43. The molecule has 0 aromatic rings. The van der Waals surface area contributed by atoms with Crippen LogP contribution in [0.5, 0.6) is 0 Å². The molecule has 2 N–H and O–H groups in total. The number of nitrogens with one attached hydrogen (secondary N) is 2. The first-order chi connectivity index (χ1) is 6.07. The highest BCUT2D eigenvalue weighted by Crippen LogP contribution is 1.80. The van der Waals surface area contributed by atoms with Gasteiger partial charge in [0.2, 0.25) is 0 Å². The first-order valence-electron chi connectivity index (χ1n) is 4.22. The van der Waals surface area contributed by atoms with E-state index in [-0.39, 0.29) is 0 Å². The quantitative estimate of drug-likeness (QED) is 0.429. The molecule has 5 heteroatoms. The molecule has 0 aliphatic rings. The first kappa shape index (κ1) is 11.9. The summed E-state index contributed by atoms with van der Waals surface area (Å²) in [6.45, 7) is 1.43. The van der Waals surface area contributed by atoms with Gasteiger partial charge in [0.1, 0.15) is 0 Å². The molecular formula is C8H17N3O2. The Morgan fingerprint density at radius 1 is 1.23 bits per heavy atom. The number of hydrogen-bond donors (Lipinski definition) is 2. The van der Waals surface area contributed by atoms with Crippen LogP contribution in [0.1, 0.15) is 6.42 Å². The second-order valence-electron chi connectivity index (χ2n) is 2.99. The molecule has 0 saturated heterocycles. The Morgan fingerprint density at radius 2 is 1.85 bits per heavy atom. The predicted octanol–water partition coefficient (Wildman–Crippen LogP) is -1.20. The van der Waals surface area contributed by atoms with Gasteiger partial charge in [0, 0.05) is 13.6 Å². The summed E-state index contributed by atoms with van der Waals surface area (Å²) >= 11 is 0. The molecule has 0 aliphatic carbocycles. The summed E-state index contributed by atoms with van der Waals surface area (Å²) in [5.74, 6) is -1.16. The van der Waals surface area contributed by atoms with Crippen molar-refractivity contribution in [1.82, 2.24) is 15.5 Å². The fourth-order valence-electron chi connectivity index (χ4n) is 0.791. The minimum Gasteiger partial charge on any atom is -0.351 e. The Kier molecular flexibility index (Phi) is 5.88. The van der Waals surface area contributed by atoms with Crippen molar-refractivity contribution < 1.29 is 9.59 Å². The van der Waals surface area contributed by atoms with Crippen molar-refractivity contribution in [3.05, 3.63) is 0 Å². The van der Waals surface area contributed by atoms with E-state index in [0.29, 0.717) is 6.54 Å². The normalized spacial score (nSPS) is 9.85. The zero-order chi connectivity index (χ0) is 10.3. The zero-order valence-electron chi connectivity index (χ0n) is 8.39. The van der Waals surface area contributed by atoms with Crippen molar-refractivity contribution in [3.8, 4) is 0 Å². The van der Waals surface area contributed by atoms with E-state index in [2.05, 4.69) is 10.6 Å². The van der Waals surface area contributed by atoms with Crippen LogP contribution in [0, 0.1) is 0 Å². The van der Waals surface area contributed by atoms with Gasteiger partial charge in [-0.25, -0.2) is 0 Å². The summed E-state index contributed by atoms with van der Waals surface area (Å²) in [5.41, 5.74) is 0. The van der Waals surface area contributed by atoms with Gasteiger partial charge in [-0.2, -0.15) is 0 Å². The van der Waals surface area contributed by atoms with Gasteiger partial charge in [0.15, 0.2) is 0 Å². The fraction of sp³-hybridized carbons (Fsp3) is 0.750. The molecule has 0 unspecified atom stereocenters. The molecule has 0 aliphatic heterocycles. The summed E-state index contributed by atoms with van der Waals surface area (Å²) in [7, 11) is 5.35. The zero-order valence-corrected chi connectivity index (χ0v) is 8.39. The Bertz CT molecular complexity index is 180. The highest BCUT2D eigenvalue weighted by Gasteiger charge is 2.08. The maximum Gasteiger partial charge on any atom is 0.309 e. The lowest BCUT2D eigenvalue weighted by atomic mass is 10.4. The van der Waals surface area contributed by atoms with Gasteiger partial charge in [-0.3, -0.25) is 9.59 Å². The second-order valence-corrected chi connectivity index (χ2v) is 2.99. The van der Waals surface area contributed by atoms with Crippen molar-refractivity contribution in [3.63, 3.8) is 0 Å². The van der Waals surface area contributed by atoms with Crippen LogP contribution in [0.15, 0.2) is 0 Å². The molecule has 0 fully saturated rings. The van der Waals surface area contributed by atoms with Crippen LogP contribution < -0.4 is 10.6 Å². The molecule has 0 bridgehead atoms. The Hall–Kier alpha value is -1.10. The van der Waals surface area contributed by atoms with E-state index in [9.17, 15) is 9.59 Å². The molecule has 0 heterocycles. The molecule has 76 valence electrons. The molecule has 0 saturated carbocycles. The van der Waals surface area contributed by atoms with Gasteiger partial charge in [0.05, 0.1) is 0 Å². The van der Waals surface area contributed by atoms with Gasteiger partial charge >= 0.3 is 11.8 Å². The molecule has 2 amide bonds. The summed E-state index contributed by atoms with van der Waals surface area (Å²) in [6.07, 6.45) is 0.843. The van der Waals surface area contributed by atoms with Crippen molar-refractivity contribution in [2.75, 3.05) is 34.2 Å². The lowest BCUT2D eigenvalue weighted by molar-refractivity contribution is -0.138. The third-order valence-corrected chi connectivity index (χ3v) is 1.50. The summed E-state index contributed by atoms with van der Waals surface area (Å²) in [6, 6.07) is 0. The fourth-order valence-corrected chi connectivity index (χ4v) is 0.791. The van der Waals surface area contributed by atoms with Crippen LogP contribution >= 0.6 is 0 Å². The minimum atomic E-state index is -0.593.